The summed E-state index contributed by atoms with van der Waals surface area (Å²) in [6.45, 7) is 4.96. The van der Waals surface area contributed by atoms with Crippen LogP contribution in [0.25, 0.3) is 0 Å². The van der Waals surface area contributed by atoms with Crippen LogP contribution in [-0.4, -0.2) is 25.5 Å². The molecule has 0 spiro atoms. The molecule has 1 aromatic carbocycles. The van der Waals surface area contributed by atoms with Crippen LogP contribution in [-0.2, 0) is 13.1 Å². The van der Waals surface area contributed by atoms with Crippen LogP contribution in [0.5, 0.6) is 0 Å². The highest BCUT2D eigenvalue weighted by Crippen LogP contribution is 2.12. The minimum Gasteiger partial charge on any atom is -0.305 e. The van der Waals surface area contributed by atoms with Gasteiger partial charge in [-0.3, -0.25) is 14.2 Å². The fourth-order valence-electron chi connectivity index (χ4n) is 2.51. The Kier molecular flexibility index (Phi) is 4.41. The summed E-state index contributed by atoms with van der Waals surface area (Å²) in [5.41, 5.74) is 2.14. The number of amides is 1. The maximum Gasteiger partial charge on any atom is 0.260 e. The highest BCUT2D eigenvalue weighted by molar-refractivity contribution is 6.04. The molecule has 7 heteroatoms. The van der Waals surface area contributed by atoms with E-state index >= 15 is 0 Å². The van der Waals surface area contributed by atoms with E-state index < -0.39 is 0 Å². The molecule has 3 aromatic rings. The largest absolute Gasteiger partial charge is 0.305 e. The minimum atomic E-state index is -0.281. The minimum absolute atomic E-state index is 0.247. The lowest BCUT2D eigenvalue weighted by Crippen LogP contribution is -2.14. The number of anilines is 1. The summed E-state index contributed by atoms with van der Waals surface area (Å²) in [6.07, 6.45) is 3.29. The van der Waals surface area contributed by atoms with Gasteiger partial charge in [0.15, 0.2) is 5.82 Å². The molecule has 3 rings (SSSR count). The average molecular weight is 327 g/mol. The first kappa shape index (κ1) is 15.9. The van der Waals surface area contributed by atoms with E-state index in [-0.39, 0.29) is 11.7 Å². The normalized spacial score (nSPS) is 10.8. The van der Waals surface area contributed by atoms with Gasteiger partial charge >= 0.3 is 0 Å². The van der Waals surface area contributed by atoms with Gasteiger partial charge in [-0.05, 0) is 31.5 Å². The Balaban J connectivity index is 1.69. The Labute approximate surface area is 138 Å². The van der Waals surface area contributed by atoms with E-state index in [1.54, 1.807) is 33.9 Å². The molecule has 0 aliphatic carbocycles. The van der Waals surface area contributed by atoms with Gasteiger partial charge in [-0.1, -0.05) is 12.1 Å². The molecule has 0 aliphatic heterocycles. The quantitative estimate of drug-likeness (QED) is 0.784. The second-order valence-corrected chi connectivity index (χ2v) is 5.44. The van der Waals surface area contributed by atoms with E-state index in [0.29, 0.717) is 24.5 Å². The third-order valence-corrected chi connectivity index (χ3v) is 3.76. The molecular formula is C17H18FN5O. The van der Waals surface area contributed by atoms with E-state index in [1.807, 2.05) is 19.9 Å². The summed E-state index contributed by atoms with van der Waals surface area (Å²) in [5.74, 6) is -0.0835. The van der Waals surface area contributed by atoms with Crippen LogP contribution >= 0.6 is 0 Å². The van der Waals surface area contributed by atoms with Gasteiger partial charge in [0, 0.05) is 24.5 Å². The number of nitrogens with zero attached hydrogens (tertiary/aromatic N) is 4. The Morgan fingerprint density at radius 2 is 2.17 bits per heavy atom. The van der Waals surface area contributed by atoms with Gasteiger partial charge in [-0.2, -0.15) is 10.2 Å². The molecule has 0 unspecified atom stereocenters. The molecule has 0 fully saturated rings. The van der Waals surface area contributed by atoms with E-state index in [9.17, 15) is 9.18 Å². The maximum absolute atomic E-state index is 13.2. The SMILES string of the molecule is CCn1ncc(C(=O)Nc2ccn(Cc3cccc(F)c3)n2)c1C. The average Bonchev–Trinajstić information content (AvgIpc) is 3.13. The number of hydrogen-bond donors (Lipinski definition) is 1. The molecule has 1 N–H and O–H groups in total. The van der Waals surface area contributed by atoms with E-state index in [1.165, 1.54) is 12.1 Å². The smallest absolute Gasteiger partial charge is 0.260 e. The summed E-state index contributed by atoms with van der Waals surface area (Å²) in [6, 6.07) is 8.05. The summed E-state index contributed by atoms with van der Waals surface area (Å²) in [4.78, 5) is 12.3. The van der Waals surface area contributed by atoms with Gasteiger partial charge in [-0.15, -0.1) is 0 Å². The molecule has 2 aromatic heterocycles. The standard InChI is InChI=1S/C17H18FN5O/c1-3-23-12(2)15(10-19-23)17(24)20-16-7-8-22(21-16)11-13-5-4-6-14(18)9-13/h4-10H,3,11H2,1-2H3,(H,20,21,24). The first-order valence-electron chi connectivity index (χ1n) is 7.68. The number of rotatable bonds is 5. The topological polar surface area (TPSA) is 64.7 Å². The summed E-state index contributed by atoms with van der Waals surface area (Å²) < 4.78 is 16.6. The van der Waals surface area contributed by atoms with E-state index in [0.717, 1.165) is 11.3 Å². The highest BCUT2D eigenvalue weighted by atomic mass is 19.1. The second-order valence-electron chi connectivity index (χ2n) is 5.44. The second kappa shape index (κ2) is 6.66. The van der Waals surface area contributed by atoms with Crippen molar-refractivity contribution >= 4 is 11.7 Å². The molecule has 124 valence electrons. The Hall–Kier alpha value is -2.96. The third kappa shape index (κ3) is 3.34. The van der Waals surface area contributed by atoms with Gasteiger partial charge in [-0.25, -0.2) is 4.39 Å². The van der Waals surface area contributed by atoms with Crippen LogP contribution in [0.1, 0.15) is 28.5 Å². The molecule has 0 aliphatic rings. The lowest BCUT2D eigenvalue weighted by molar-refractivity contribution is 0.102. The third-order valence-electron chi connectivity index (χ3n) is 3.76. The van der Waals surface area contributed by atoms with Gasteiger partial charge in [0.05, 0.1) is 18.3 Å². The molecule has 0 saturated carbocycles. The van der Waals surface area contributed by atoms with Crippen molar-refractivity contribution < 1.29 is 9.18 Å². The zero-order valence-electron chi connectivity index (χ0n) is 13.5. The first-order valence-corrected chi connectivity index (χ1v) is 7.68. The van der Waals surface area contributed by atoms with Crippen molar-refractivity contribution in [3.63, 3.8) is 0 Å². The summed E-state index contributed by atoms with van der Waals surface area (Å²) in [5, 5.41) is 11.2. The van der Waals surface area contributed by atoms with Crippen LogP contribution in [0, 0.1) is 12.7 Å². The molecule has 2 heterocycles. The number of carbonyl (C=O) groups is 1. The van der Waals surface area contributed by atoms with Crippen molar-refractivity contribution in [2.75, 3.05) is 5.32 Å². The summed E-state index contributed by atoms with van der Waals surface area (Å²) in [7, 11) is 0. The Bertz CT molecular complexity index is 868. The summed E-state index contributed by atoms with van der Waals surface area (Å²) >= 11 is 0. The first-order chi connectivity index (χ1) is 11.6. The van der Waals surface area contributed by atoms with Crippen LogP contribution in [0.3, 0.4) is 0 Å². The Morgan fingerprint density at radius 3 is 2.88 bits per heavy atom. The highest BCUT2D eigenvalue weighted by Gasteiger charge is 2.14. The maximum atomic E-state index is 13.2. The van der Waals surface area contributed by atoms with Crippen molar-refractivity contribution in [3.8, 4) is 0 Å². The molecule has 0 atom stereocenters. The van der Waals surface area contributed by atoms with Gasteiger partial charge in [0.25, 0.3) is 5.91 Å². The zero-order chi connectivity index (χ0) is 17.1. The molecule has 0 saturated heterocycles. The van der Waals surface area contributed by atoms with Gasteiger partial charge in [0.2, 0.25) is 0 Å². The van der Waals surface area contributed by atoms with Crippen LogP contribution in [0.15, 0.2) is 42.7 Å². The molecular weight excluding hydrogens is 309 g/mol. The molecule has 1 amide bonds. The van der Waals surface area contributed by atoms with Crippen LogP contribution < -0.4 is 5.32 Å². The zero-order valence-corrected chi connectivity index (χ0v) is 13.5. The number of aryl methyl sites for hydroxylation is 1. The fraction of sp³-hybridized carbons (Fsp3) is 0.235. The number of hydrogen-bond acceptors (Lipinski definition) is 3. The lowest BCUT2D eigenvalue weighted by Gasteiger charge is -2.04. The predicted octanol–water partition coefficient (Wildman–Crippen LogP) is 2.85. The van der Waals surface area contributed by atoms with Crippen LogP contribution in [0.2, 0.25) is 0 Å². The van der Waals surface area contributed by atoms with Gasteiger partial charge < -0.3 is 5.32 Å². The van der Waals surface area contributed by atoms with Crippen molar-refractivity contribution in [2.45, 2.75) is 26.9 Å². The Morgan fingerprint density at radius 1 is 1.33 bits per heavy atom. The number of halogens is 1. The molecule has 0 bridgehead atoms. The molecule has 6 nitrogen and oxygen atoms in total. The van der Waals surface area contributed by atoms with Crippen molar-refractivity contribution in [1.82, 2.24) is 19.6 Å². The number of aromatic nitrogens is 4. The fourth-order valence-corrected chi connectivity index (χ4v) is 2.51. The van der Waals surface area contributed by atoms with Crippen molar-refractivity contribution in [1.29, 1.82) is 0 Å². The number of nitrogens with one attached hydrogen (secondary N) is 1. The van der Waals surface area contributed by atoms with E-state index in [2.05, 4.69) is 15.5 Å². The monoisotopic (exact) mass is 327 g/mol. The van der Waals surface area contributed by atoms with Crippen molar-refractivity contribution in [2.24, 2.45) is 0 Å². The van der Waals surface area contributed by atoms with Gasteiger partial charge in [0.1, 0.15) is 5.82 Å². The lowest BCUT2D eigenvalue weighted by atomic mass is 10.2. The predicted molar refractivity (Wildman–Crippen MR) is 88.3 cm³/mol. The molecule has 0 radical (unpaired) electrons. The van der Waals surface area contributed by atoms with Crippen molar-refractivity contribution in [3.05, 3.63) is 65.4 Å². The number of benzene rings is 1. The van der Waals surface area contributed by atoms with E-state index in [4.69, 9.17) is 0 Å². The number of carbonyl (C=O) groups excluding carboxylic acids is 1. The molecule has 24 heavy (non-hydrogen) atoms. The van der Waals surface area contributed by atoms with Crippen LogP contribution in [0.4, 0.5) is 10.2 Å².